The third-order valence-corrected chi connectivity index (χ3v) is 2.83. The first-order valence-corrected chi connectivity index (χ1v) is 7.01. The summed E-state index contributed by atoms with van der Waals surface area (Å²) in [6.07, 6.45) is 1.04. The van der Waals surface area contributed by atoms with Gasteiger partial charge in [-0.2, -0.15) is 0 Å². The number of rotatable bonds is 7. The van der Waals surface area contributed by atoms with Crippen molar-refractivity contribution in [3.63, 3.8) is 0 Å². The van der Waals surface area contributed by atoms with Crippen LogP contribution in [0.15, 0.2) is 24.3 Å². The summed E-state index contributed by atoms with van der Waals surface area (Å²) >= 11 is 0. The Kier molecular flexibility index (Phi) is 6.32. The second-order valence-electron chi connectivity index (χ2n) is 6.35. The maximum Gasteiger partial charge on any atom is 0.119 e. The van der Waals surface area contributed by atoms with Crippen LogP contribution in [0, 0.1) is 5.41 Å². The smallest absolute Gasteiger partial charge is 0.119 e. The van der Waals surface area contributed by atoms with Gasteiger partial charge in [0.15, 0.2) is 0 Å². The van der Waals surface area contributed by atoms with Crippen LogP contribution in [0.1, 0.15) is 32.8 Å². The topological polar surface area (TPSA) is 38.5 Å². The third kappa shape index (κ3) is 7.19. The molecule has 0 spiro atoms. The molecule has 0 aliphatic heterocycles. The number of ether oxygens (including phenoxy) is 1. The molecule has 0 saturated heterocycles. The van der Waals surface area contributed by atoms with E-state index in [2.05, 4.69) is 32.7 Å². The Morgan fingerprint density at radius 1 is 1.26 bits per heavy atom. The van der Waals surface area contributed by atoms with Gasteiger partial charge in [0.25, 0.3) is 0 Å². The van der Waals surface area contributed by atoms with Crippen LogP contribution in [0.2, 0.25) is 0 Å². The van der Waals surface area contributed by atoms with Crippen LogP contribution in [-0.2, 0) is 6.54 Å². The van der Waals surface area contributed by atoms with Gasteiger partial charge >= 0.3 is 0 Å². The van der Waals surface area contributed by atoms with Crippen LogP contribution in [0.5, 0.6) is 5.75 Å². The first kappa shape index (κ1) is 16.0. The molecule has 0 radical (unpaired) electrons. The Morgan fingerprint density at radius 2 is 2.00 bits per heavy atom. The molecule has 19 heavy (non-hydrogen) atoms. The fraction of sp³-hybridized carbons (Fsp3) is 0.625. The van der Waals surface area contributed by atoms with Gasteiger partial charge in [-0.25, -0.2) is 0 Å². The second kappa shape index (κ2) is 7.51. The summed E-state index contributed by atoms with van der Waals surface area (Å²) in [5, 5.41) is 0. The molecule has 0 aliphatic rings. The molecule has 0 atom stereocenters. The Labute approximate surface area is 117 Å². The van der Waals surface area contributed by atoms with Crippen LogP contribution in [-0.4, -0.2) is 31.6 Å². The van der Waals surface area contributed by atoms with E-state index in [0.29, 0.717) is 12.0 Å². The highest BCUT2D eigenvalue weighted by molar-refractivity contribution is 5.28. The van der Waals surface area contributed by atoms with Crippen LogP contribution in [0.3, 0.4) is 0 Å². The lowest BCUT2D eigenvalue weighted by atomic mass is 9.96. The maximum absolute atomic E-state index is 5.75. The standard InChI is InChI=1S/C16H28N2O/c1-16(2,3)13-18(4)9-6-10-19-15-8-5-7-14(11-15)12-17/h5,7-8,11H,6,9-10,12-13,17H2,1-4H3. The van der Waals surface area contributed by atoms with Crippen molar-refractivity contribution in [3.05, 3.63) is 29.8 Å². The predicted molar refractivity (Wildman–Crippen MR) is 81.4 cm³/mol. The Bertz CT molecular complexity index is 371. The zero-order chi connectivity index (χ0) is 14.3. The first-order chi connectivity index (χ1) is 8.90. The molecule has 1 aromatic rings. The number of hydrogen-bond acceptors (Lipinski definition) is 3. The van der Waals surface area contributed by atoms with Gasteiger partial charge in [-0.05, 0) is 36.6 Å². The normalized spacial score (nSPS) is 11.9. The number of benzene rings is 1. The highest BCUT2D eigenvalue weighted by Gasteiger charge is 2.12. The van der Waals surface area contributed by atoms with E-state index < -0.39 is 0 Å². The molecule has 0 fully saturated rings. The van der Waals surface area contributed by atoms with Crippen LogP contribution < -0.4 is 10.5 Å². The van der Waals surface area contributed by atoms with Crippen molar-refractivity contribution in [2.24, 2.45) is 11.1 Å². The second-order valence-corrected chi connectivity index (χ2v) is 6.35. The van der Waals surface area contributed by atoms with Crippen molar-refractivity contribution in [3.8, 4) is 5.75 Å². The lowest BCUT2D eigenvalue weighted by molar-refractivity contribution is 0.207. The SMILES string of the molecule is CN(CCCOc1cccc(CN)c1)CC(C)(C)C. The van der Waals surface area contributed by atoms with E-state index >= 15 is 0 Å². The lowest BCUT2D eigenvalue weighted by Crippen LogP contribution is -2.30. The molecule has 0 aliphatic carbocycles. The van der Waals surface area contributed by atoms with Gasteiger partial charge in [0.05, 0.1) is 6.61 Å². The molecular formula is C16H28N2O. The van der Waals surface area contributed by atoms with Crippen LogP contribution >= 0.6 is 0 Å². The molecule has 0 unspecified atom stereocenters. The zero-order valence-corrected chi connectivity index (χ0v) is 12.8. The third-order valence-electron chi connectivity index (χ3n) is 2.83. The monoisotopic (exact) mass is 264 g/mol. The van der Waals surface area contributed by atoms with Crippen LogP contribution in [0.25, 0.3) is 0 Å². The van der Waals surface area contributed by atoms with Gasteiger partial charge in [-0.1, -0.05) is 32.9 Å². The maximum atomic E-state index is 5.75. The van der Waals surface area contributed by atoms with Crippen LogP contribution in [0.4, 0.5) is 0 Å². The zero-order valence-electron chi connectivity index (χ0n) is 12.8. The Morgan fingerprint density at radius 3 is 2.63 bits per heavy atom. The van der Waals surface area contributed by atoms with E-state index in [9.17, 15) is 0 Å². The Balaban J connectivity index is 2.23. The summed E-state index contributed by atoms with van der Waals surface area (Å²) in [5.74, 6) is 0.918. The molecule has 0 aromatic heterocycles. The molecule has 2 N–H and O–H groups in total. The molecule has 3 nitrogen and oxygen atoms in total. The summed E-state index contributed by atoms with van der Waals surface area (Å²) < 4.78 is 5.75. The van der Waals surface area contributed by atoms with E-state index in [-0.39, 0.29) is 0 Å². The van der Waals surface area contributed by atoms with Gasteiger partial charge < -0.3 is 15.4 Å². The average Bonchev–Trinajstić information content (AvgIpc) is 2.33. The van der Waals surface area contributed by atoms with Gasteiger partial charge in [-0.3, -0.25) is 0 Å². The largest absolute Gasteiger partial charge is 0.494 e. The Hall–Kier alpha value is -1.06. The molecule has 1 rings (SSSR count). The van der Waals surface area contributed by atoms with E-state index in [1.807, 2.05) is 24.3 Å². The van der Waals surface area contributed by atoms with Crippen molar-refractivity contribution in [2.45, 2.75) is 33.7 Å². The number of hydrogen-bond donors (Lipinski definition) is 1. The fourth-order valence-electron chi connectivity index (χ4n) is 2.18. The van der Waals surface area contributed by atoms with Crippen molar-refractivity contribution < 1.29 is 4.74 Å². The van der Waals surface area contributed by atoms with E-state index in [1.165, 1.54) is 0 Å². The highest BCUT2D eigenvalue weighted by Crippen LogP contribution is 2.15. The summed E-state index contributed by atoms with van der Waals surface area (Å²) in [7, 11) is 2.17. The molecule has 1 aromatic carbocycles. The van der Waals surface area contributed by atoms with E-state index in [4.69, 9.17) is 10.5 Å². The highest BCUT2D eigenvalue weighted by atomic mass is 16.5. The van der Waals surface area contributed by atoms with E-state index in [1.54, 1.807) is 0 Å². The van der Waals surface area contributed by atoms with Gasteiger partial charge in [-0.15, -0.1) is 0 Å². The molecule has 108 valence electrons. The number of nitrogens with two attached hydrogens (primary N) is 1. The van der Waals surface area contributed by atoms with Crippen molar-refractivity contribution in [1.29, 1.82) is 0 Å². The molecule has 0 bridgehead atoms. The fourth-order valence-corrected chi connectivity index (χ4v) is 2.18. The van der Waals surface area contributed by atoms with Crippen molar-refractivity contribution >= 4 is 0 Å². The first-order valence-electron chi connectivity index (χ1n) is 7.01. The minimum Gasteiger partial charge on any atom is -0.494 e. The minimum absolute atomic E-state index is 0.352. The lowest BCUT2D eigenvalue weighted by Gasteiger charge is -2.26. The summed E-state index contributed by atoms with van der Waals surface area (Å²) in [6, 6.07) is 8.00. The van der Waals surface area contributed by atoms with Crippen molar-refractivity contribution in [1.82, 2.24) is 4.90 Å². The minimum atomic E-state index is 0.352. The van der Waals surface area contributed by atoms with Gasteiger partial charge in [0, 0.05) is 19.6 Å². The summed E-state index contributed by atoms with van der Waals surface area (Å²) in [6.45, 7) is 10.3. The average molecular weight is 264 g/mol. The molecule has 0 amide bonds. The predicted octanol–water partition coefficient (Wildman–Crippen LogP) is 2.89. The molecule has 0 heterocycles. The van der Waals surface area contributed by atoms with Gasteiger partial charge in [0.1, 0.15) is 5.75 Å². The van der Waals surface area contributed by atoms with Gasteiger partial charge in [0.2, 0.25) is 0 Å². The number of nitrogens with zero attached hydrogens (tertiary/aromatic N) is 1. The summed E-state index contributed by atoms with van der Waals surface area (Å²) in [4.78, 5) is 2.36. The summed E-state index contributed by atoms with van der Waals surface area (Å²) in [5.41, 5.74) is 7.08. The molecular weight excluding hydrogens is 236 g/mol. The molecule has 0 saturated carbocycles. The van der Waals surface area contributed by atoms with Crippen molar-refractivity contribution in [2.75, 3.05) is 26.7 Å². The quantitative estimate of drug-likeness (QED) is 0.770. The van der Waals surface area contributed by atoms with E-state index in [0.717, 1.165) is 37.4 Å². The molecule has 3 heteroatoms.